The Balaban J connectivity index is 2.13. The van der Waals surface area contributed by atoms with Crippen molar-refractivity contribution in [3.63, 3.8) is 0 Å². The monoisotopic (exact) mass is 466 g/mol. The molecule has 6 atom stereocenters. The molecule has 0 radical (unpaired) electrons. The first-order chi connectivity index (χ1) is 15.3. The Morgan fingerprint density at radius 2 is 1.94 bits per heavy atom. The van der Waals surface area contributed by atoms with Crippen LogP contribution in [0.25, 0.3) is 0 Å². The van der Waals surface area contributed by atoms with E-state index in [1.165, 1.54) is 26.8 Å². The number of quaternary nitrogens is 1. The van der Waals surface area contributed by atoms with Crippen LogP contribution in [0.3, 0.4) is 0 Å². The molecule has 3 heterocycles. The summed E-state index contributed by atoms with van der Waals surface area (Å²) in [5, 5.41) is 11.7. The van der Waals surface area contributed by atoms with Gasteiger partial charge in [-0.15, -0.1) is 0 Å². The summed E-state index contributed by atoms with van der Waals surface area (Å²) in [6.07, 6.45) is 1.46. The fraction of sp³-hybridized carbons (Fsp3) is 0.652. The van der Waals surface area contributed by atoms with E-state index in [-0.39, 0.29) is 16.7 Å². The number of carbonyl (C=O) groups is 4. The molecule has 0 bridgehead atoms. The van der Waals surface area contributed by atoms with Gasteiger partial charge in [0.05, 0.1) is 24.7 Å². The molecule has 0 aromatic rings. The fourth-order valence-corrected chi connectivity index (χ4v) is 5.08. The van der Waals surface area contributed by atoms with Crippen LogP contribution in [0.5, 0.6) is 0 Å². The summed E-state index contributed by atoms with van der Waals surface area (Å²) in [6, 6.07) is 0. The lowest BCUT2D eigenvalue weighted by Crippen LogP contribution is -2.61. The van der Waals surface area contributed by atoms with Crippen molar-refractivity contribution in [2.45, 2.75) is 64.6 Å². The Bertz CT molecular complexity index is 940. The number of nitrogens with zero attached hydrogens (tertiary/aromatic N) is 1. The van der Waals surface area contributed by atoms with Gasteiger partial charge in [-0.2, -0.15) is 0 Å². The minimum atomic E-state index is -1.89. The average Bonchev–Trinajstić information content (AvgIpc) is 3.12. The molecule has 1 N–H and O–H groups in total. The van der Waals surface area contributed by atoms with E-state index in [1.54, 1.807) is 13.0 Å². The standard InChI is InChI=1S/C23H32NO9/c1-7-17-19(31-14(3)25)13(2)22(5,33-15(4)26)21(28)30-12-16-8-10-24(6)11-9-18(23(16,24)29)32-20(17)27/h7-8,13,18-19,29H,9-12H2,1-6H3/q+1/b17-7-/t13-,18+,19-,22-,23?,24?/m0/s1. The molecule has 0 saturated carbocycles. The molecule has 0 amide bonds. The number of cyclic esters (lactones) is 1. The minimum Gasteiger partial charge on any atom is -0.458 e. The molecule has 0 spiro atoms. The molecule has 182 valence electrons. The Labute approximate surface area is 192 Å². The first-order valence-electron chi connectivity index (χ1n) is 11.0. The SMILES string of the molecule is C/C=C1\C(=O)O[C@@H]2CC[N+]3(C)CC=C(COC(=O)[C@@](C)(OC(C)=O)[C@@H](C)[C@@H]1OC(C)=O)C23O. The van der Waals surface area contributed by atoms with Gasteiger partial charge in [0.2, 0.25) is 5.60 Å². The molecule has 10 heteroatoms. The second-order valence-electron chi connectivity index (χ2n) is 9.28. The molecule has 0 aromatic carbocycles. The number of ether oxygens (including phenoxy) is 4. The summed E-state index contributed by atoms with van der Waals surface area (Å²) in [7, 11) is 1.84. The Kier molecular flexibility index (Phi) is 6.47. The highest BCUT2D eigenvalue weighted by Crippen LogP contribution is 2.46. The van der Waals surface area contributed by atoms with Crippen LogP contribution in [0, 0.1) is 5.92 Å². The van der Waals surface area contributed by atoms with Crippen molar-refractivity contribution in [1.82, 2.24) is 0 Å². The van der Waals surface area contributed by atoms with Gasteiger partial charge in [-0.25, -0.2) is 9.59 Å². The van der Waals surface area contributed by atoms with Crippen molar-refractivity contribution >= 4 is 23.9 Å². The van der Waals surface area contributed by atoms with Crippen molar-refractivity contribution in [3.05, 3.63) is 23.3 Å². The van der Waals surface area contributed by atoms with Crippen molar-refractivity contribution in [2.24, 2.45) is 5.92 Å². The van der Waals surface area contributed by atoms with Crippen molar-refractivity contribution in [1.29, 1.82) is 0 Å². The average molecular weight is 467 g/mol. The number of likely N-dealkylation sites (N-methyl/N-ethyl adjacent to an activating group) is 1. The van der Waals surface area contributed by atoms with E-state index in [2.05, 4.69) is 0 Å². The number of esters is 4. The summed E-state index contributed by atoms with van der Waals surface area (Å²) >= 11 is 0. The van der Waals surface area contributed by atoms with E-state index in [0.717, 1.165) is 6.92 Å². The molecule has 2 unspecified atom stereocenters. The van der Waals surface area contributed by atoms with Crippen LogP contribution in [-0.2, 0) is 38.1 Å². The van der Waals surface area contributed by atoms with E-state index in [1.807, 2.05) is 7.05 Å². The second-order valence-corrected chi connectivity index (χ2v) is 9.28. The summed E-state index contributed by atoms with van der Waals surface area (Å²) in [4.78, 5) is 50.4. The van der Waals surface area contributed by atoms with Gasteiger partial charge in [-0.1, -0.05) is 13.0 Å². The minimum absolute atomic E-state index is 0.0299. The van der Waals surface area contributed by atoms with Crippen LogP contribution in [0.1, 0.15) is 41.0 Å². The lowest BCUT2D eigenvalue weighted by Gasteiger charge is -2.41. The van der Waals surface area contributed by atoms with Crippen LogP contribution in [0.15, 0.2) is 23.3 Å². The summed E-state index contributed by atoms with van der Waals surface area (Å²) in [5.74, 6) is -4.12. The highest BCUT2D eigenvalue weighted by molar-refractivity contribution is 5.91. The van der Waals surface area contributed by atoms with Gasteiger partial charge in [0.1, 0.15) is 19.3 Å². The number of rotatable bonds is 2. The number of hydrogen-bond donors (Lipinski definition) is 1. The molecule has 3 aliphatic rings. The maximum absolute atomic E-state index is 13.3. The number of allylic oxidation sites excluding steroid dienone is 1. The third-order valence-corrected chi connectivity index (χ3v) is 7.21. The Morgan fingerprint density at radius 1 is 1.27 bits per heavy atom. The van der Waals surface area contributed by atoms with Gasteiger partial charge in [0, 0.05) is 26.2 Å². The Hall–Kier alpha value is -2.72. The molecule has 2 fully saturated rings. The first-order valence-corrected chi connectivity index (χ1v) is 11.0. The summed E-state index contributed by atoms with van der Waals surface area (Å²) < 4.78 is 22.3. The van der Waals surface area contributed by atoms with Gasteiger partial charge in [-0.05, 0) is 19.9 Å². The maximum Gasteiger partial charge on any atom is 0.351 e. The number of hydrogen-bond acceptors (Lipinski definition) is 9. The van der Waals surface area contributed by atoms with Gasteiger partial charge in [0.25, 0.3) is 5.72 Å². The highest BCUT2D eigenvalue weighted by atomic mass is 16.6. The van der Waals surface area contributed by atoms with E-state index in [4.69, 9.17) is 18.9 Å². The van der Waals surface area contributed by atoms with Crippen LogP contribution < -0.4 is 0 Å². The van der Waals surface area contributed by atoms with Crippen molar-refractivity contribution in [3.8, 4) is 0 Å². The predicted molar refractivity (Wildman–Crippen MR) is 113 cm³/mol. The van der Waals surface area contributed by atoms with Gasteiger partial charge < -0.3 is 24.1 Å². The van der Waals surface area contributed by atoms with Crippen LogP contribution in [0.2, 0.25) is 0 Å². The van der Waals surface area contributed by atoms with Crippen LogP contribution in [-0.4, -0.2) is 83.7 Å². The largest absolute Gasteiger partial charge is 0.458 e. The molecule has 3 rings (SSSR count). The fourth-order valence-electron chi connectivity index (χ4n) is 5.08. The third-order valence-electron chi connectivity index (χ3n) is 7.21. The molecule has 33 heavy (non-hydrogen) atoms. The number of aliphatic hydroxyl groups is 1. The quantitative estimate of drug-likeness (QED) is 0.206. The topological polar surface area (TPSA) is 125 Å². The van der Waals surface area contributed by atoms with Crippen molar-refractivity contribution < 1.29 is 47.7 Å². The van der Waals surface area contributed by atoms with E-state index in [0.29, 0.717) is 25.1 Å². The highest BCUT2D eigenvalue weighted by Gasteiger charge is 2.65. The molecular formula is C23H32NO9+. The molecule has 0 aromatic heterocycles. The predicted octanol–water partition coefficient (Wildman–Crippen LogP) is 0.770. The maximum atomic E-state index is 13.3. The van der Waals surface area contributed by atoms with Gasteiger partial charge in [-0.3, -0.25) is 14.1 Å². The lowest BCUT2D eigenvalue weighted by atomic mass is 9.82. The third kappa shape index (κ3) is 3.95. The van der Waals surface area contributed by atoms with E-state index >= 15 is 0 Å². The zero-order chi connectivity index (χ0) is 24.8. The molecule has 10 nitrogen and oxygen atoms in total. The second kappa shape index (κ2) is 8.57. The van der Waals surface area contributed by atoms with E-state index < -0.39 is 53.3 Å². The Morgan fingerprint density at radius 3 is 2.52 bits per heavy atom. The zero-order valence-corrected chi connectivity index (χ0v) is 19.9. The van der Waals surface area contributed by atoms with E-state index in [9.17, 15) is 24.3 Å². The van der Waals surface area contributed by atoms with Crippen LogP contribution in [0.4, 0.5) is 0 Å². The zero-order valence-electron chi connectivity index (χ0n) is 19.9. The van der Waals surface area contributed by atoms with Crippen LogP contribution >= 0.6 is 0 Å². The molecule has 0 aliphatic carbocycles. The van der Waals surface area contributed by atoms with Gasteiger partial charge in [0.15, 0.2) is 6.10 Å². The summed E-state index contributed by atoms with van der Waals surface area (Å²) in [5.41, 5.74) is -3.08. The normalized spacial score (nSPS) is 40.0. The molecule has 3 aliphatic heterocycles. The molecular weight excluding hydrogens is 434 g/mol. The van der Waals surface area contributed by atoms with Crippen molar-refractivity contribution in [2.75, 3.05) is 26.7 Å². The number of carbonyl (C=O) groups excluding carboxylic acids is 4. The summed E-state index contributed by atoms with van der Waals surface area (Å²) in [6.45, 7) is 7.49. The van der Waals surface area contributed by atoms with Gasteiger partial charge >= 0.3 is 23.9 Å². The first kappa shape index (κ1) is 24.9. The smallest absolute Gasteiger partial charge is 0.351 e. The molecule has 2 saturated heterocycles. The lowest BCUT2D eigenvalue weighted by molar-refractivity contribution is -0.955.